The molecule has 2 aromatic carbocycles. The molecule has 4 aliphatic carbocycles. The smallest absolute Gasteiger partial charge is 0.161 e. The van der Waals surface area contributed by atoms with Gasteiger partial charge in [-0.2, -0.15) is 0 Å². The quantitative estimate of drug-likeness (QED) is 0.0510. The lowest BCUT2D eigenvalue weighted by molar-refractivity contribution is -0.0214. The van der Waals surface area contributed by atoms with Crippen molar-refractivity contribution in [1.29, 1.82) is 0 Å². The van der Waals surface area contributed by atoms with Crippen molar-refractivity contribution in [2.24, 2.45) is 40.7 Å². The lowest BCUT2D eigenvalue weighted by Crippen LogP contribution is -2.42. The summed E-state index contributed by atoms with van der Waals surface area (Å²) in [5.74, 6) is 8.19. The van der Waals surface area contributed by atoms with Gasteiger partial charge in [-0.25, -0.2) is 0 Å². The summed E-state index contributed by atoms with van der Waals surface area (Å²) in [6.07, 6.45) is 15.2. The van der Waals surface area contributed by atoms with Gasteiger partial charge in [-0.3, -0.25) is 0 Å². The molecule has 2 fully saturated rings. The number of nitrogens with two attached hydrogens (primary N) is 1. The van der Waals surface area contributed by atoms with Gasteiger partial charge >= 0.3 is 0 Å². The van der Waals surface area contributed by atoms with E-state index < -0.39 is 47.6 Å². The molecule has 0 unspecified atom stereocenters. The fourth-order valence-electron chi connectivity index (χ4n) is 13.4. The Morgan fingerprint density at radius 2 is 1.74 bits per heavy atom. The molecule has 1 aromatic heterocycles. The first kappa shape index (κ1) is 50.2. The van der Waals surface area contributed by atoms with Crippen molar-refractivity contribution >= 4 is 21.6 Å². The SMILES string of the molecule is CC[C@@H]1Cc2cc(O)c(O[C@@H]3C[C@H](Cc4ccc[nH]4)C4=CCNC(N)=C4CSSC[C@H](CO)[C@H]3O)cc2[C@H]2C[C@@H](O)[C@@H]3[C@@H](C#C[C@@](CCO)(CC4(c5ccccc5)CCCC4)CCCC[C@@H]3O)C=C12. The van der Waals surface area contributed by atoms with Gasteiger partial charge in [0.25, 0.3) is 0 Å². The molecule has 10 nitrogen and oxygen atoms in total. The molecule has 9 rings (SSSR count). The largest absolute Gasteiger partial charge is 0.504 e. The topological polar surface area (TPSA) is 184 Å². The Bertz CT molecular complexity index is 2370. The molecule has 1 saturated heterocycles. The molecule has 11 atom stereocenters. The van der Waals surface area contributed by atoms with Crippen molar-refractivity contribution in [2.75, 3.05) is 31.3 Å². The van der Waals surface area contributed by atoms with E-state index >= 15 is 0 Å². The number of aliphatic hydroxyl groups excluding tert-OH is 5. The standard InChI is InChI=1S/C57H75N3O7S2/c1-2-36-25-38-28-49(64)51(67-52-29-39(26-42-13-10-22-59-42)43-16-23-60-55(58)47(43)34-69-68-33-40(32-62)54(52)66)31-45(38)46-30-50(65)53-37(27-44(36)46)15-20-56(21-24-61,17-7-6-14-48(53)63)35-57(18-8-9-19-57)41-11-4-3-5-12-41/h3-5,10-13,16,22,27-28,31,36-37,39-40,46,48,50,52-54,59-66H,2,6-9,14,17-19,21,23-26,29-30,32-35,58H2,1H3/t36-,37+,39+,40+,46+,48+,50-,52-,53-,54-,56+/m1/s1. The van der Waals surface area contributed by atoms with Crippen LogP contribution < -0.4 is 15.8 Å². The number of aliphatic hydroxyl groups is 5. The van der Waals surface area contributed by atoms with Crippen molar-refractivity contribution in [3.63, 3.8) is 0 Å². The Balaban J connectivity index is 1.09. The lowest BCUT2D eigenvalue weighted by atomic mass is 9.63. The number of ether oxygens (including phenoxy) is 1. The number of H-pyrrole nitrogens is 1. The van der Waals surface area contributed by atoms with Crippen LogP contribution in [0.25, 0.3) is 0 Å². The fraction of sp³-hybridized carbons (Fsp3) is 0.579. The molecule has 0 bridgehead atoms. The number of fused-ring (bicyclic) bond motifs is 5. The molecular formula is C57H75N3O7S2. The van der Waals surface area contributed by atoms with Crippen LogP contribution in [0.4, 0.5) is 0 Å². The predicted molar refractivity (Wildman–Crippen MR) is 277 cm³/mol. The van der Waals surface area contributed by atoms with E-state index in [1.165, 1.54) is 24.0 Å². The number of nitrogens with one attached hydrogen (secondary N) is 2. The molecule has 69 heavy (non-hydrogen) atoms. The van der Waals surface area contributed by atoms with Crippen molar-refractivity contribution in [2.45, 2.75) is 139 Å². The number of dihydropyridines is 1. The summed E-state index contributed by atoms with van der Waals surface area (Å²) >= 11 is 0. The number of aromatic amines is 1. The van der Waals surface area contributed by atoms with Gasteiger partial charge in [0, 0.05) is 77.8 Å². The van der Waals surface area contributed by atoms with Crippen LogP contribution in [0.2, 0.25) is 0 Å². The summed E-state index contributed by atoms with van der Waals surface area (Å²) in [5, 5.41) is 73.4. The second kappa shape index (κ2) is 22.3. The van der Waals surface area contributed by atoms with E-state index in [0.29, 0.717) is 62.4 Å². The molecule has 6 aliphatic rings. The van der Waals surface area contributed by atoms with Crippen LogP contribution >= 0.6 is 21.6 Å². The number of phenols is 1. The second-order valence-electron chi connectivity index (χ2n) is 21.2. The maximum Gasteiger partial charge on any atom is 0.161 e. The van der Waals surface area contributed by atoms with E-state index in [4.69, 9.17) is 10.5 Å². The number of allylic oxidation sites excluding steroid dienone is 3. The molecule has 10 N–H and O–H groups in total. The van der Waals surface area contributed by atoms with Crippen molar-refractivity contribution in [3.8, 4) is 23.3 Å². The number of benzene rings is 2. The van der Waals surface area contributed by atoms with Crippen LogP contribution in [0, 0.1) is 46.8 Å². The van der Waals surface area contributed by atoms with E-state index in [1.807, 2.05) is 24.4 Å². The van der Waals surface area contributed by atoms with E-state index in [-0.39, 0.29) is 47.9 Å². The number of phenolic OH excluding ortho intramolecular Hbond substituents is 1. The average molecular weight is 978 g/mol. The molecule has 0 radical (unpaired) electrons. The Morgan fingerprint density at radius 3 is 2.49 bits per heavy atom. The monoisotopic (exact) mass is 978 g/mol. The van der Waals surface area contributed by atoms with Crippen LogP contribution in [-0.2, 0) is 18.3 Å². The lowest BCUT2D eigenvalue weighted by Gasteiger charge is -2.40. The van der Waals surface area contributed by atoms with E-state index in [2.05, 4.69) is 77.6 Å². The minimum atomic E-state index is -1.05. The van der Waals surface area contributed by atoms with E-state index in [0.717, 1.165) is 72.9 Å². The average Bonchev–Trinajstić information content (AvgIpc) is 4.02. The van der Waals surface area contributed by atoms with Gasteiger partial charge in [0.1, 0.15) is 11.9 Å². The Hall–Kier alpha value is -3.80. The summed E-state index contributed by atoms with van der Waals surface area (Å²) in [6.45, 7) is 2.62. The molecule has 1 saturated carbocycles. The maximum atomic E-state index is 12.5. The van der Waals surface area contributed by atoms with Gasteiger partial charge in [-0.05, 0) is 134 Å². The molecule has 3 heterocycles. The molecule has 12 heteroatoms. The zero-order chi connectivity index (χ0) is 48.1. The number of hydrogen-bond donors (Lipinski definition) is 9. The van der Waals surface area contributed by atoms with Crippen LogP contribution in [-0.4, -0.2) is 91.3 Å². The zero-order valence-corrected chi connectivity index (χ0v) is 42.0. The molecule has 3 aromatic rings. The van der Waals surface area contributed by atoms with Crippen LogP contribution in [0.1, 0.15) is 119 Å². The molecule has 0 spiro atoms. The first-order chi connectivity index (χ1) is 33.5. The minimum absolute atomic E-state index is 0.00442. The first-order valence-electron chi connectivity index (χ1n) is 25.9. The highest BCUT2D eigenvalue weighted by Crippen LogP contribution is 2.53. The Labute approximate surface area is 417 Å². The third kappa shape index (κ3) is 10.9. The fourth-order valence-corrected chi connectivity index (χ4v) is 15.9. The third-order valence-corrected chi connectivity index (χ3v) is 19.4. The first-order valence-corrected chi connectivity index (χ1v) is 28.4. The summed E-state index contributed by atoms with van der Waals surface area (Å²) in [6, 6.07) is 18.7. The molecule has 2 aliphatic heterocycles. The maximum absolute atomic E-state index is 12.5. The predicted octanol–water partition coefficient (Wildman–Crippen LogP) is 8.58. The normalized spacial score (nSPS) is 32.7. The highest BCUT2D eigenvalue weighted by atomic mass is 33.1. The summed E-state index contributed by atoms with van der Waals surface area (Å²) in [7, 11) is 3.27. The zero-order valence-electron chi connectivity index (χ0n) is 40.3. The summed E-state index contributed by atoms with van der Waals surface area (Å²) < 4.78 is 6.94. The molecule has 0 amide bonds. The van der Waals surface area contributed by atoms with Crippen molar-refractivity contribution in [3.05, 3.63) is 118 Å². The van der Waals surface area contributed by atoms with Gasteiger partial charge in [0.05, 0.1) is 18.3 Å². The highest BCUT2D eigenvalue weighted by molar-refractivity contribution is 8.76. The van der Waals surface area contributed by atoms with Crippen LogP contribution in [0.15, 0.2) is 95.5 Å². The van der Waals surface area contributed by atoms with Crippen LogP contribution in [0.3, 0.4) is 0 Å². The number of aromatic hydroxyl groups is 1. The van der Waals surface area contributed by atoms with Gasteiger partial charge < -0.3 is 51.4 Å². The van der Waals surface area contributed by atoms with Gasteiger partial charge in [0.15, 0.2) is 11.5 Å². The Kier molecular flexibility index (Phi) is 16.2. The summed E-state index contributed by atoms with van der Waals surface area (Å²) in [4.78, 5) is 3.37. The van der Waals surface area contributed by atoms with E-state index in [9.17, 15) is 30.6 Å². The number of rotatable bonds is 11. The van der Waals surface area contributed by atoms with Gasteiger partial charge in [0.2, 0.25) is 0 Å². The molecule has 372 valence electrons. The number of hydrogen-bond acceptors (Lipinski definition) is 11. The highest BCUT2D eigenvalue weighted by Gasteiger charge is 2.46. The van der Waals surface area contributed by atoms with Gasteiger partial charge in [-0.15, -0.1) is 0 Å². The second-order valence-corrected chi connectivity index (χ2v) is 23.7. The molecular weight excluding hydrogens is 903 g/mol. The minimum Gasteiger partial charge on any atom is -0.504 e. The van der Waals surface area contributed by atoms with Crippen molar-refractivity contribution in [1.82, 2.24) is 10.3 Å². The summed E-state index contributed by atoms with van der Waals surface area (Å²) in [5.41, 5.74) is 14.0. The van der Waals surface area contributed by atoms with Crippen LogP contribution in [0.5, 0.6) is 11.5 Å². The Morgan fingerprint density at radius 1 is 0.928 bits per heavy atom. The van der Waals surface area contributed by atoms with Crippen molar-refractivity contribution < 1.29 is 35.4 Å². The third-order valence-electron chi connectivity index (χ3n) is 17.0. The van der Waals surface area contributed by atoms with Gasteiger partial charge in [-0.1, -0.05) is 114 Å². The van der Waals surface area contributed by atoms with E-state index in [1.54, 1.807) is 21.6 Å². The number of aromatic nitrogens is 1.